The van der Waals surface area contributed by atoms with Crippen LogP contribution in [-0.2, 0) is 0 Å². The summed E-state index contributed by atoms with van der Waals surface area (Å²) in [7, 11) is 0. The molecular formula is C8H22Br2ClN. The van der Waals surface area contributed by atoms with Crippen LogP contribution >= 0.6 is 29.4 Å². The molecular weight excluding hydrogens is 305 g/mol. The van der Waals surface area contributed by atoms with Crippen LogP contribution in [0.25, 0.3) is 0 Å². The minimum Gasteiger partial charge on any atom is -1.00 e. The van der Waals surface area contributed by atoms with Gasteiger partial charge in [-0.3, -0.25) is 0 Å². The summed E-state index contributed by atoms with van der Waals surface area (Å²) in [6, 6.07) is 0. The van der Waals surface area contributed by atoms with E-state index in [-0.39, 0.29) is 46.4 Å². The Hall–Kier alpha value is 1.21. The molecule has 0 spiro atoms. The second-order valence-corrected chi connectivity index (χ2v) is 2.61. The lowest BCUT2D eigenvalue weighted by Gasteiger charge is -2.34. The Bertz CT molecular complexity index is 59.9. The van der Waals surface area contributed by atoms with Gasteiger partial charge in [-0.05, 0) is 27.7 Å². The maximum atomic E-state index is 2.27. The molecule has 0 aliphatic rings. The maximum absolute atomic E-state index is 2.27. The minimum atomic E-state index is 0. The second-order valence-electron chi connectivity index (χ2n) is 2.61. The Morgan fingerprint density at radius 2 is 0.917 bits per heavy atom. The van der Waals surface area contributed by atoms with Crippen molar-refractivity contribution in [3.8, 4) is 0 Å². The topological polar surface area (TPSA) is 0 Å². The number of hydrogen-bond acceptors (Lipinski definition) is 0. The largest absolute Gasteiger partial charge is 1.00 e. The van der Waals surface area contributed by atoms with Crippen molar-refractivity contribution >= 4 is 29.4 Å². The molecule has 0 aromatic heterocycles. The highest BCUT2D eigenvalue weighted by Gasteiger charge is 2.16. The molecule has 0 aliphatic carbocycles. The molecule has 0 saturated heterocycles. The van der Waals surface area contributed by atoms with Crippen molar-refractivity contribution in [3.05, 3.63) is 0 Å². The fraction of sp³-hybridized carbons (Fsp3) is 1.00. The van der Waals surface area contributed by atoms with Crippen LogP contribution in [0.2, 0.25) is 0 Å². The normalized spacial score (nSPS) is 9.00. The van der Waals surface area contributed by atoms with E-state index in [0.29, 0.717) is 0 Å². The van der Waals surface area contributed by atoms with E-state index < -0.39 is 0 Å². The van der Waals surface area contributed by atoms with Crippen LogP contribution in [0.3, 0.4) is 0 Å². The van der Waals surface area contributed by atoms with Gasteiger partial charge < -0.3 is 21.5 Å². The average Bonchev–Trinajstić information content (AvgIpc) is 1.95. The summed E-state index contributed by atoms with van der Waals surface area (Å²) in [5.41, 5.74) is 0. The zero-order chi connectivity index (χ0) is 7.33. The highest BCUT2D eigenvalue weighted by molar-refractivity contribution is 8.93. The zero-order valence-electron chi connectivity index (χ0n) is 8.47. The van der Waals surface area contributed by atoms with Gasteiger partial charge in [0.2, 0.25) is 0 Å². The lowest BCUT2D eigenvalue weighted by Crippen LogP contribution is -3.00. The lowest BCUT2D eigenvalue weighted by atomic mass is 10.3. The van der Waals surface area contributed by atoms with Gasteiger partial charge in [-0.25, -0.2) is 0 Å². The third-order valence-electron chi connectivity index (χ3n) is 2.68. The van der Waals surface area contributed by atoms with Crippen molar-refractivity contribution in [2.75, 3.05) is 26.2 Å². The van der Waals surface area contributed by atoms with E-state index in [1.807, 2.05) is 0 Å². The van der Waals surface area contributed by atoms with E-state index >= 15 is 0 Å². The summed E-state index contributed by atoms with van der Waals surface area (Å²) in [6.07, 6.45) is 0. The average molecular weight is 328 g/mol. The lowest BCUT2D eigenvalue weighted by molar-refractivity contribution is -0.921. The predicted octanol–water partition coefficient (Wildman–Crippen LogP) is -0.114. The molecule has 0 aromatic carbocycles. The smallest absolute Gasteiger partial charge is 0.0757 e. The van der Waals surface area contributed by atoms with Crippen molar-refractivity contribution in [2.45, 2.75) is 27.7 Å². The molecule has 4 heteroatoms. The summed E-state index contributed by atoms with van der Waals surface area (Å²) in [6.45, 7) is 14.2. The van der Waals surface area contributed by atoms with E-state index in [2.05, 4.69) is 27.7 Å². The number of nitrogens with zero attached hydrogens (tertiary/aromatic N) is 1. The molecule has 0 amide bonds. The quantitative estimate of drug-likeness (QED) is 0.632. The molecule has 0 fully saturated rings. The van der Waals surface area contributed by atoms with Gasteiger partial charge in [0.15, 0.2) is 0 Å². The number of quaternary nitrogens is 1. The van der Waals surface area contributed by atoms with Crippen molar-refractivity contribution < 1.29 is 21.5 Å². The minimum absolute atomic E-state index is 0. The van der Waals surface area contributed by atoms with E-state index in [1.54, 1.807) is 0 Å². The van der Waals surface area contributed by atoms with Crippen LogP contribution < -0.4 is 17.0 Å². The van der Waals surface area contributed by atoms with Gasteiger partial charge in [-0.1, -0.05) is 0 Å². The number of rotatable bonds is 4. The molecule has 0 rings (SSSR count). The Labute approximate surface area is 104 Å². The first-order valence-electron chi connectivity index (χ1n) is 4.09. The molecule has 0 atom stereocenters. The molecule has 0 bridgehead atoms. The maximum Gasteiger partial charge on any atom is 0.0757 e. The van der Waals surface area contributed by atoms with Crippen LogP contribution in [-0.4, -0.2) is 30.7 Å². The van der Waals surface area contributed by atoms with Gasteiger partial charge in [0.05, 0.1) is 26.2 Å². The summed E-state index contributed by atoms with van der Waals surface area (Å²) in [5.74, 6) is 0. The van der Waals surface area contributed by atoms with Gasteiger partial charge in [-0.2, -0.15) is 0 Å². The predicted molar refractivity (Wildman–Crippen MR) is 60.0 cm³/mol. The highest BCUT2D eigenvalue weighted by atomic mass is 79.9. The van der Waals surface area contributed by atoms with E-state index in [0.717, 1.165) is 0 Å². The SMILES string of the molecule is Br.CC[N+](CC)(CC)CC.Cl.[Br-]. The van der Waals surface area contributed by atoms with Crippen molar-refractivity contribution in [1.82, 2.24) is 0 Å². The molecule has 0 N–H and O–H groups in total. The molecule has 0 saturated carbocycles. The standard InChI is InChI=1S/C8H20N.2BrH.ClH/c1-5-9(6-2,7-3)8-4;;;/h5-8H2,1-4H3;3*1H/q+1;;;/p-1. The molecule has 0 unspecified atom stereocenters. The number of halogens is 3. The summed E-state index contributed by atoms with van der Waals surface area (Å²) < 4.78 is 1.28. The fourth-order valence-electron chi connectivity index (χ4n) is 1.34. The third kappa shape index (κ3) is 6.70. The van der Waals surface area contributed by atoms with Gasteiger partial charge in [0.25, 0.3) is 0 Å². The Kier molecular flexibility index (Phi) is 23.6. The molecule has 80 valence electrons. The van der Waals surface area contributed by atoms with Crippen LogP contribution in [0.4, 0.5) is 0 Å². The van der Waals surface area contributed by atoms with Crippen LogP contribution in [0, 0.1) is 0 Å². The molecule has 0 aromatic rings. The van der Waals surface area contributed by atoms with E-state index in [9.17, 15) is 0 Å². The molecule has 1 nitrogen and oxygen atoms in total. The molecule has 0 aliphatic heterocycles. The Balaban J connectivity index is -0.000000107. The molecule has 12 heavy (non-hydrogen) atoms. The van der Waals surface area contributed by atoms with E-state index in [1.165, 1.54) is 30.7 Å². The van der Waals surface area contributed by atoms with E-state index in [4.69, 9.17) is 0 Å². The number of hydrogen-bond donors (Lipinski definition) is 0. The third-order valence-corrected chi connectivity index (χ3v) is 2.68. The first-order chi connectivity index (χ1) is 4.24. The van der Waals surface area contributed by atoms with Gasteiger partial charge in [0, 0.05) is 0 Å². The molecule has 0 radical (unpaired) electrons. The zero-order valence-corrected chi connectivity index (χ0v) is 12.6. The summed E-state index contributed by atoms with van der Waals surface area (Å²) in [5, 5.41) is 0. The molecule has 0 heterocycles. The monoisotopic (exact) mass is 325 g/mol. The van der Waals surface area contributed by atoms with Crippen LogP contribution in [0.15, 0.2) is 0 Å². The van der Waals surface area contributed by atoms with Crippen molar-refractivity contribution in [1.29, 1.82) is 0 Å². The Morgan fingerprint density at radius 3 is 0.917 bits per heavy atom. The van der Waals surface area contributed by atoms with Crippen LogP contribution in [0.5, 0.6) is 0 Å². The van der Waals surface area contributed by atoms with Crippen molar-refractivity contribution in [2.24, 2.45) is 0 Å². The van der Waals surface area contributed by atoms with Crippen molar-refractivity contribution in [3.63, 3.8) is 0 Å². The van der Waals surface area contributed by atoms with Gasteiger partial charge in [0.1, 0.15) is 0 Å². The fourth-order valence-corrected chi connectivity index (χ4v) is 1.34. The Morgan fingerprint density at radius 1 is 0.750 bits per heavy atom. The second kappa shape index (κ2) is 12.2. The first kappa shape index (κ1) is 23.2. The first-order valence-corrected chi connectivity index (χ1v) is 4.09. The summed E-state index contributed by atoms with van der Waals surface area (Å²) in [4.78, 5) is 0. The van der Waals surface area contributed by atoms with Crippen LogP contribution in [0.1, 0.15) is 27.7 Å². The van der Waals surface area contributed by atoms with Gasteiger partial charge in [-0.15, -0.1) is 29.4 Å². The highest BCUT2D eigenvalue weighted by Crippen LogP contribution is 2.03. The van der Waals surface area contributed by atoms with Gasteiger partial charge >= 0.3 is 0 Å². The summed E-state index contributed by atoms with van der Waals surface area (Å²) >= 11 is 0.